The lowest BCUT2D eigenvalue weighted by atomic mass is 9.84. The van der Waals surface area contributed by atoms with Crippen LogP contribution in [0.2, 0.25) is 0 Å². The Hall–Kier alpha value is -2.40. The van der Waals surface area contributed by atoms with Gasteiger partial charge in [-0.15, -0.1) is 11.3 Å². The monoisotopic (exact) mass is 312 g/mol. The third-order valence-electron chi connectivity index (χ3n) is 3.83. The van der Waals surface area contributed by atoms with Crippen LogP contribution in [0.25, 0.3) is 5.57 Å². The van der Waals surface area contributed by atoms with Gasteiger partial charge in [0.15, 0.2) is 0 Å². The zero-order valence-electron chi connectivity index (χ0n) is 12.4. The summed E-state index contributed by atoms with van der Waals surface area (Å²) in [5.74, 6) is -0.335. The zero-order chi connectivity index (χ0) is 15.7. The quantitative estimate of drug-likeness (QED) is 0.676. The number of dihydropyridines is 1. The second-order valence-corrected chi connectivity index (χ2v) is 6.22. The van der Waals surface area contributed by atoms with Crippen LogP contribution >= 0.6 is 11.3 Å². The van der Waals surface area contributed by atoms with Crippen molar-refractivity contribution in [3.05, 3.63) is 85.5 Å². The SMILES string of the molecule is CC1=C(c2ccccc2)C(c2cccs2)C([N+](=O)[O-])=C(C)N1. The second kappa shape index (κ2) is 5.77. The largest absolute Gasteiger partial charge is 0.357 e. The van der Waals surface area contributed by atoms with Gasteiger partial charge in [0.05, 0.1) is 10.6 Å². The van der Waals surface area contributed by atoms with Crippen molar-refractivity contribution >= 4 is 16.9 Å². The van der Waals surface area contributed by atoms with Crippen molar-refractivity contribution in [1.29, 1.82) is 0 Å². The highest BCUT2D eigenvalue weighted by molar-refractivity contribution is 7.10. The minimum atomic E-state index is -0.335. The Labute approximate surface area is 133 Å². The van der Waals surface area contributed by atoms with E-state index in [2.05, 4.69) is 5.32 Å². The number of hydrogen-bond donors (Lipinski definition) is 1. The molecule has 1 unspecified atom stereocenters. The smallest absolute Gasteiger partial charge is 0.277 e. The van der Waals surface area contributed by atoms with Gasteiger partial charge in [-0.1, -0.05) is 36.4 Å². The van der Waals surface area contributed by atoms with Gasteiger partial charge >= 0.3 is 0 Å². The van der Waals surface area contributed by atoms with Gasteiger partial charge in [-0.25, -0.2) is 0 Å². The summed E-state index contributed by atoms with van der Waals surface area (Å²) >= 11 is 1.55. The molecule has 1 aromatic heterocycles. The highest BCUT2D eigenvalue weighted by Crippen LogP contribution is 2.44. The van der Waals surface area contributed by atoms with Crippen LogP contribution < -0.4 is 5.32 Å². The Morgan fingerprint density at radius 3 is 2.41 bits per heavy atom. The number of nitrogens with zero attached hydrogens (tertiary/aromatic N) is 1. The number of benzene rings is 1. The van der Waals surface area contributed by atoms with Crippen LogP contribution in [0.5, 0.6) is 0 Å². The summed E-state index contributed by atoms with van der Waals surface area (Å²) in [5, 5.41) is 16.8. The average molecular weight is 312 g/mol. The fraction of sp³-hybridized carbons (Fsp3) is 0.176. The van der Waals surface area contributed by atoms with Crippen molar-refractivity contribution in [3.63, 3.8) is 0 Å². The predicted molar refractivity (Wildman–Crippen MR) is 88.9 cm³/mol. The van der Waals surface area contributed by atoms with E-state index >= 15 is 0 Å². The van der Waals surface area contributed by atoms with Gasteiger partial charge in [-0.2, -0.15) is 0 Å². The number of thiophene rings is 1. The molecule has 0 aliphatic carbocycles. The van der Waals surface area contributed by atoms with E-state index < -0.39 is 0 Å². The lowest BCUT2D eigenvalue weighted by Gasteiger charge is -2.27. The first-order valence-electron chi connectivity index (χ1n) is 7.01. The molecule has 1 aliphatic heterocycles. The number of allylic oxidation sites excluding steroid dienone is 3. The molecule has 112 valence electrons. The molecule has 0 saturated carbocycles. The van der Waals surface area contributed by atoms with E-state index in [-0.39, 0.29) is 16.5 Å². The first-order valence-corrected chi connectivity index (χ1v) is 7.89. The molecule has 1 aromatic carbocycles. The fourth-order valence-electron chi connectivity index (χ4n) is 2.96. The van der Waals surface area contributed by atoms with Crippen LogP contribution in [0.1, 0.15) is 30.2 Å². The third kappa shape index (κ3) is 2.44. The topological polar surface area (TPSA) is 55.2 Å². The van der Waals surface area contributed by atoms with Crippen molar-refractivity contribution in [2.45, 2.75) is 19.8 Å². The summed E-state index contributed by atoms with van der Waals surface area (Å²) in [6.45, 7) is 3.74. The van der Waals surface area contributed by atoms with Gasteiger partial charge in [0.2, 0.25) is 0 Å². The Morgan fingerprint density at radius 1 is 1.09 bits per heavy atom. The molecule has 0 amide bonds. The molecular weight excluding hydrogens is 296 g/mol. The summed E-state index contributed by atoms with van der Waals surface area (Å²) in [6.07, 6.45) is 0. The van der Waals surface area contributed by atoms with Crippen LogP contribution in [-0.4, -0.2) is 4.92 Å². The highest BCUT2D eigenvalue weighted by atomic mass is 32.1. The van der Waals surface area contributed by atoms with E-state index in [9.17, 15) is 10.1 Å². The van der Waals surface area contributed by atoms with E-state index in [0.717, 1.165) is 21.7 Å². The van der Waals surface area contributed by atoms with Gasteiger partial charge in [0, 0.05) is 10.6 Å². The molecule has 2 heterocycles. The maximum absolute atomic E-state index is 11.6. The standard InChI is InChI=1S/C17H16N2O2S/c1-11-15(13-7-4-3-5-8-13)16(14-9-6-10-22-14)17(19(20)21)12(2)18-11/h3-10,16,18H,1-2H3. The Kier molecular flexibility index (Phi) is 3.81. The van der Waals surface area contributed by atoms with Gasteiger partial charge < -0.3 is 5.32 Å². The van der Waals surface area contributed by atoms with E-state index in [1.165, 1.54) is 0 Å². The van der Waals surface area contributed by atoms with Gasteiger partial charge in [-0.3, -0.25) is 10.1 Å². The number of nitro groups is 1. The highest BCUT2D eigenvalue weighted by Gasteiger charge is 2.38. The molecule has 0 radical (unpaired) electrons. The van der Waals surface area contributed by atoms with E-state index in [0.29, 0.717) is 5.70 Å². The van der Waals surface area contributed by atoms with Crippen molar-refractivity contribution in [3.8, 4) is 0 Å². The average Bonchev–Trinajstić information content (AvgIpc) is 3.00. The van der Waals surface area contributed by atoms with Crippen molar-refractivity contribution in [1.82, 2.24) is 5.32 Å². The molecule has 0 bridgehead atoms. The third-order valence-corrected chi connectivity index (χ3v) is 4.77. The van der Waals surface area contributed by atoms with Crippen LogP contribution in [0.4, 0.5) is 0 Å². The van der Waals surface area contributed by atoms with Crippen LogP contribution in [0.3, 0.4) is 0 Å². The molecule has 1 aliphatic rings. The Balaban J connectivity index is 2.22. The molecule has 4 nitrogen and oxygen atoms in total. The van der Waals surface area contributed by atoms with Gasteiger partial charge in [-0.05, 0) is 36.4 Å². The lowest BCUT2D eigenvalue weighted by molar-refractivity contribution is -0.430. The van der Waals surface area contributed by atoms with Crippen molar-refractivity contribution in [2.24, 2.45) is 0 Å². The molecule has 1 atom stereocenters. The molecule has 1 N–H and O–H groups in total. The van der Waals surface area contributed by atoms with Crippen LogP contribution in [0, 0.1) is 10.1 Å². The zero-order valence-corrected chi connectivity index (χ0v) is 13.2. The molecule has 22 heavy (non-hydrogen) atoms. The number of nitrogens with one attached hydrogen (secondary N) is 1. The van der Waals surface area contributed by atoms with Crippen molar-refractivity contribution in [2.75, 3.05) is 0 Å². The van der Waals surface area contributed by atoms with E-state index in [4.69, 9.17) is 0 Å². The molecule has 5 heteroatoms. The van der Waals surface area contributed by atoms with Crippen molar-refractivity contribution < 1.29 is 4.92 Å². The molecule has 0 saturated heterocycles. The Bertz CT molecular complexity index is 761. The predicted octanol–water partition coefficient (Wildman–Crippen LogP) is 4.37. The Morgan fingerprint density at radius 2 is 1.82 bits per heavy atom. The molecule has 0 spiro atoms. The maximum atomic E-state index is 11.6. The lowest BCUT2D eigenvalue weighted by Crippen LogP contribution is -2.26. The van der Waals surface area contributed by atoms with Crippen LogP contribution in [0.15, 0.2) is 64.9 Å². The summed E-state index contributed by atoms with van der Waals surface area (Å²) in [4.78, 5) is 12.4. The molecule has 0 fully saturated rings. The summed E-state index contributed by atoms with van der Waals surface area (Å²) in [7, 11) is 0. The van der Waals surface area contributed by atoms with E-state index in [1.807, 2.05) is 54.8 Å². The first-order chi connectivity index (χ1) is 10.6. The second-order valence-electron chi connectivity index (χ2n) is 5.25. The van der Waals surface area contributed by atoms with Gasteiger partial charge in [0.25, 0.3) is 5.70 Å². The van der Waals surface area contributed by atoms with Crippen LogP contribution in [-0.2, 0) is 0 Å². The van der Waals surface area contributed by atoms with E-state index in [1.54, 1.807) is 18.3 Å². The molecule has 3 rings (SSSR count). The summed E-state index contributed by atoms with van der Waals surface area (Å²) < 4.78 is 0. The summed E-state index contributed by atoms with van der Waals surface area (Å²) in [6, 6.07) is 13.8. The minimum absolute atomic E-state index is 0.229. The number of hydrogen-bond acceptors (Lipinski definition) is 4. The number of rotatable bonds is 3. The molecule has 2 aromatic rings. The normalized spacial score (nSPS) is 18.4. The van der Waals surface area contributed by atoms with Gasteiger partial charge in [0.1, 0.15) is 5.92 Å². The maximum Gasteiger partial charge on any atom is 0.277 e. The fourth-order valence-corrected chi connectivity index (χ4v) is 3.80. The first kappa shape index (κ1) is 14.5. The molecular formula is C17H16N2O2S. The minimum Gasteiger partial charge on any atom is -0.357 e. The summed E-state index contributed by atoms with van der Waals surface area (Å²) in [5.41, 5.74) is 3.79.